The standard InChI is InChI=1S/C18H35NO/c1-17(2,19)13-18(3,4)20-12-14-8-10-16(11-9-14)15-6-5-7-15/h14-16H,5-13,19H2,1-4H3. The van der Waals surface area contributed by atoms with E-state index in [9.17, 15) is 0 Å². The quantitative estimate of drug-likeness (QED) is 0.777. The van der Waals surface area contributed by atoms with Crippen LogP contribution < -0.4 is 5.73 Å². The van der Waals surface area contributed by atoms with E-state index in [1.807, 2.05) is 0 Å². The summed E-state index contributed by atoms with van der Waals surface area (Å²) in [4.78, 5) is 0. The van der Waals surface area contributed by atoms with Gasteiger partial charge in [0, 0.05) is 5.54 Å². The van der Waals surface area contributed by atoms with Gasteiger partial charge in [0.25, 0.3) is 0 Å². The molecule has 20 heavy (non-hydrogen) atoms. The molecule has 2 saturated carbocycles. The van der Waals surface area contributed by atoms with Gasteiger partial charge in [0.05, 0.1) is 12.2 Å². The molecule has 0 aliphatic heterocycles. The molecule has 2 heteroatoms. The van der Waals surface area contributed by atoms with Crippen LogP contribution in [0.3, 0.4) is 0 Å². The van der Waals surface area contributed by atoms with Crippen LogP contribution in [-0.4, -0.2) is 17.7 Å². The van der Waals surface area contributed by atoms with Crippen LogP contribution in [0.15, 0.2) is 0 Å². The molecule has 0 spiro atoms. The molecule has 2 N–H and O–H groups in total. The summed E-state index contributed by atoms with van der Waals surface area (Å²) >= 11 is 0. The summed E-state index contributed by atoms with van der Waals surface area (Å²) in [7, 11) is 0. The third-order valence-corrected chi connectivity index (χ3v) is 5.30. The Morgan fingerprint density at radius 3 is 1.90 bits per heavy atom. The molecular weight excluding hydrogens is 246 g/mol. The van der Waals surface area contributed by atoms with Gasteiger partial charge in [0.2, 0.25) is 0 Å². The third kappa shape index (κ3) is 5.04. The summed E-state index contributed by atoms with van der Waals surface area (Å²) in [6.07, 6.45) is 11.1. The number of nitrogens with two attached hydrogens (primary N) is 1. The van der Waals surface area contributed by atoms with Crippen molar-refractivity contribution in [2.45, 2.75) is 90.2 Å². The molecule has 0 unspecified atom stereocenters. The van der Waals surface area contributed by atoms with Crippen molar-refractivity contribution in [2.75, 3.05) is 6.61 Å². The highest BCUT2D eigenvalue weighted by Crippen LogP contribution is 2.42. The van der Waals surface area contributed by atoms with Crippen molar-refractivity contribution in [3.8, 4) is 0 Å². The Morgan fingerprint density at radius 2 is 1.45 bits per heavy atom. The summed E-state index contributed by atoms with van der Waals surface area (Å²) in [6, 6.07) is 0. The van der Waals surface area contributed by atoms with E-state index in [1.165, 1.54) is 44.9 Å². The van der Waals surface area contributed by atoms with Gasteiger partial charge in [-0.3, -0.25) is 0 Å². The number of hydrogen-bond acceptors (Lipinski definition) is 2. The van der Waals surface area contributed by atoms with Crippen molar-refractivity contribution in [1.82, 2.24) is 0 Å². The highest BCUT2D eigenvalue weighted by molar-refractivity contribution is 4.85. The number of hydrogen-bond donors (Lipinski definition) is 1. The predicted octanol–water partition coefficient (Wildman–Crippen LogP) is 4.52. The second-order valence-electron chi connectivity index (χ2n) is 8.71. The van der Waals surface area contributed by atoms with Gasteiger partial charge in [-0.2, -0.15) is 0 Å². The molecule has 2 rings (SSSR count). The largest absolute Gasteiger partial charge is 0.375 e. The lowest BCUT2D eigenvalue weighted by molar-refractivity contribution is -0.0583. The number of rotatable bonds is 6. The Hall–Kier alpha value is -0.0800. The molecule has 0 aromatic carbocycles. The van der Waals surface area contributed by atoms with Crippen LogP contribution in [0.5, 0.6) is 0 Å². The summed E-state index contributed by atoms with van der Waals surface area (Å²) < 4.78 is 6.20. The van der Waals surface area contributed by atoms with Crippen molar-refractivity contribution in [1.29, 1.82) is 0 Å². The van der Waals surface area contributed by atoms with Crippen LogP contribution in [-0.2, 0) is 4.74 Å². The average molecular weight is 281 g/mol. The topological polar surface area (TPSA) is 35.2 Å². The zero-order chi connectivity index (χ0) is 14.8. The maximum Gasteiger partial charge on any atom is 0.0643 e. The van der Waals surface area contributed by atoms with E-state index in [1.54, 1.807) is 0 Å². The van der Waals surface area contributed by atoms with E-state index >= 15 is 0 Å². The van der Waals surface area contributed by atoms with Crippen molar-refractivity contribution in [3.63, 3.8) is 0 Å². The minimum atomic E-state index is -0.147. The summed E-state index contributed by atoms with van der Waals surface area (Å²) in [6.45, 7) is 9.47. The Balaban J connectivity index is 1.67. The normalized spacial score (nSPS) is 29.2. The van der Waals surface area contributed by atoms with E-state index in [0.29, 0.717) is 0 Å². The fraction of sp³-hybridized carbons (Fsp3) is 1.00. The molecule has 0 radical (unpaired) electrons. The molecule has 0 amide bonds. The summed E-state index contributed by atoms with van der Waals surface area (Å²) in [5, 5.41) is 0. The molecule has 0 atom stereocenters. The second kappa shape index (κ2) is 6.36. The van der Waals surface area contributed by atoms with Gasteiger partial charge >= 0.3 is 0 Å². The van der Waals surface area contributed by atoms with Crippen molar-refractivity contribution >= 4 is 0 Å². The average Bonchev–Trinajstić information content (AvgIpc) is 2.22. The lowest BCUT2D eigenvalue weighted by Gasteiger charge is -2.39. The molecule has 2 aliphatic rings. The molecule has 2 fully saturated rings. The molecule has 0 bridgehead atoms. The van der Waals surface area contributed by atoms with Gasteiger partial charge in [-0.05, 0) is 77.6 Å². The van der Waals surface area contributed by atoms with Crippen LogP contribution in [0.2, 0.25) is 0 Å². The fourth-order valence-electron chi connectivity index (χ4n) is 4.23. The number of ether oxygens (including phenoxy) is 1. The van der Waals surface area contributed by atoms with Crippen molar-refractivity contribution in [3.05, 3.63) is 0 Å². The molecule has 0 saturated heterocycles. The Morgan fingerprint density at radius 1 is 0.900 bits per heavy atom. The molecule has 2 nitrogen and oxygen atoms in total. The summed E-state index contributed by atoms with van der Waals surface area (Å²) in [5.41, 5.74) is 5.88. The maximum absolute atomic E-state index is 6.20. The van der Waals surface area contributed by atoms with Crippen LogP contribution in [0.1, 0.15) is 79.1 Å². The fourth-order valence-corrected chi connectivity index (χ4v) is 4.23. The van der Waals surface area contributed by atoms with E-state index < -0.39 is 0 Å². The van der Waals surface area contributed by atoms with Crippen LogP contribution >= 0.6 is 0 Å². The van der Waals surface area contributed by atoms with E-state index in [4.69, 9.17) is 10.5 Å². The minimum absolute atomic E-state index is 0.0942. The molecule has 118 valence electrons. The van der Waals surface area contributed by atoms with Crippen LogP contribution in [0.25, 0.3) is 0 Å². The van der Waals surface area contributed by atoms with Gasteiger partial charge in [-0.15, -0.1) is 0 Å². The Bertz CT molecular complexity index is 293. The maximum atomic E-state index is 6.20. The first-order valence-electron chi connectivity index (χ1n) is 8.68. The predicted molar refractivity (Wildman–Crippen MR) is 85.7 cm³/mol. The first-order chi connectivity index (χ1) is 9.25. The van der Waals surface area contributed by atoms with Gasteiger partial charge in [-0.1, -0.05) is 19.3 Å². The van der Waals surface area contributed by atoms with E-state index in [2.05, 4.69) is 27.7 Å². The zero-order valence-electron chi connectivity index (χ0n) is 14.1. The van der Waals surface area contributed by atoms with Gasteiger partial charge < -0.3 is 10.5 Å². The molecule has 0 aromatic rings. The molecule has 2 aliphatic carbocycles. The Kier molecular flexibility index (Phi) is 5.18. The highest BCUT2D eigenvalue weighted by atomic mass is 16.5. The highest BCUT2D eigenvalue weighted by Gasteiger charge is 2.32. The van der Waals surface area contributed by atoms with Crippen LogP contribution in [0.4, 0.5) is 0 Å². The summed E-state index contributed by atoms with van der Waals surface area (Å²) in [5.74, 6) is 2.90. The van der Waals surface area contributed by atoms with E-state index in [0.717, 1.165) is 30.8 Å². The molecular formula is C18H35NO. The lowest BCUT2D eigenvalue weighted by Crippen LogP contribution is -2.42. The van der Waals surface area contributed by atoms with Crippen molar-refractivity contribution in [2.24, 2.45) is 23.5 Å². The second-order valence-corrected chi connectivity index (χ2v) is 8.71. The Labute approximate surface area is 125 Å². The first-order valence-corrected chi connectivity index (χ1v) is 8.68. The van der Waals surface area contributed by atoms with Gasteiger partial charge in [-0.25, -0.2) is 0 Å². The monoisotopic (exact) mass is 281 g/mol. The third-order valence-electron chi connectivity index (χ3n) is 5.30. The van der Waals surface area contributed by atoms with Gasteiger partial charge in [0.1, 0.15) is 0 Å². The molecule has 0 heterocycles. The van der Waals surface area contributed by atoms with Crippen LogP contribution in [0, 0.1) is 17.8 Å². The zero-order valence-corrected chi connectivity index (χ0v) is 14.1. The van der Waals surface area contributed by atoms with Crippen molar-refractivity contribution < 1.29 is 4.74 Å². The SMILES string of the molecule is CC(C)(N)CC(C)(C)OCC1CCC(C2CCC2)CC1. The molecule has 0 aromatic heterocycles. The van der Waals surface area contributed by atoms with E-state index in [-0.39, 0.29) is 11.1 Å². The van der Waals surface area contributed by atoms with Gasteiger partial charge in [0.15, 0.2) is 0 Å². The minimum Gasteiger partial charge on any atom is -0.375 e. The lowest BCUT2D eigenvalue weighted by atomic mass is 9.68. The first kappa shape index (κ1) is 16.3. The smallest absolute Gasteiger partial charge is 0.0643 e.